The minimum absolute atomic E-state index is 0.0135. The van der Waals surface area contributed by atoms with Crippen LogP contribution in [0.3, 0.4) is 0 Å². The number of nitrogens with zero attached hydrogens (tertiary/aromatic N) is 2. The Kier molecular flexibility index (Phi) is 6.57. The highest BCUT2D eigenvalue weighted by Gasteiger charge is 2.27. The molecule has 0 unspecified atom stereocenters. The smallest absolute Gasteiger partial charge is 0.263 e. The number of aryl methyl sites for hydroxylation is 1. The van der Waals surface area contributed by atoms with Gasteiger partial charge in [-0.3, -0.25) is 9.52 Å². The Morgan fingerprint density at radius 3 is 2.82 bits per heavy atom. The maximum absolute atomic E-state index is 12.7. The summed E-state index contributed by atoms with van der Waals surface area (Å²) in [6.07, 6.45) is 2.05. The largest absolute Gasteiger partial charge is 0.493 e. The summed E-state index contributed by atoms with van der Waals surface area (Å²) in [6.45, 7) is 2.36. The fourth-order valence-electron chi connectivity index (χ4n) is 3.51. The van der Waals surface area contributed by atoms with Crippen LogP contribution in [0.4, 0.5) is 5.13 Å². The van der Waals surface area contributed by atoms with E-state index in [4.69, 9.17) is 9.47 Å². The Balaban J connectivity index is 1.59. The molecule has 1 atom stereocenters. The van der Waals surface area contributed by atoms with Crippen LogP contribution < -0.4 is 14.2 Å². The molecule has 0 bridgehead atoms. The van der Waals surface area contributed by atoms with Gasteiger partial charge in [0.2, 0.25) is 5.91 Å². The number of carbonyl (C=O) groups is 1. The molecule has 0 fully saturated rings. The van der Waals surface area contributed by atoms with Crippen molar-refractivity contribution in [2.45, 2.75) is 30.8 Å². The number of nitrogens with one attached hydrogen (secondary N) is 1. The number of likely N-dealkylation sites (N-methyl/N-ethyl adjacent to an activating group) is 1. The van der Waals surface area contributed by atoms with Gasteiger partial charge in [0.1, 0.15) is 17.6 Å². The van der Waals surface area contributed by atoms with Gasteiger partial charge in [0.05, 0.1) is 17.9 Å². The van der Waals surface area contributed by atoms with Crippen molar-refractivity contribution in [1.82, 2.24) is 9.88 Å². The molecule has 0 spiro atoms. The van der Waals surface area contributed by atoms with Crippen LogP contribution in [0.15, 0.2) is 52.9 Å². The summed E-state index contributed by atoms with van der Waals surface area (Å²) in [7, 11) is -0.342. The summed E-state index contributed by atoms with van der Waals surface area (Å²) in [5, 5.41) is 2.00. The predicted molar refractivity (Wildman–Crippen MR) is 126 cm³/mol. The molecule has 174 valence electrons. The second-order valence-electron chi connectivity index (χ2n) is 7.96. The van der Waals surface area contributed by atoms with Crippen molar-refractivity contribution < 1.29 is 22.7 Å². The number of benzene rings is 2. The van der Waals surface area contributed by atoms with E-state index in [0.29, 0.717) is 29.7 Å². The topological polar surface area (TPSA) is 97.8 Å². The van der Waals surface area contributed by atoms with E-state index in [9.17, 15) is 13.2 Å². The molecule has 0 saturated heterocycles. The molecule has 1 aliphatic rings. The van der Waals surface area contributed by atoms with Gasteiger partial charge in [-0.25, -0.2) is 13.4 Å². The lowest BCUT2D eigenvalue weighted by Gasteiger charge is -2.28. The van der Waals surface area contributed by atoms with E-state index >= 15 is 0 Å². The number of rotatable bonds is 7. The summed E-state index contributed by atoms with van der Waals surface area (Å²) < 4.78 is 40.0. The van der Waals surface area contributed by atoms with Crippen molar-refractivity contribution in [3.8, 4) is 11.5 Å². The third kappa shape index (κ3) is 5.28. The van der Waals surface area contributed by atoms with Gasteiger partial charge in [0, 0.05) is 49.3 Å². The Hall–Kier alpha value is -3.11. The molecule has 2 heterocycles. The molecule has 1 aromatic heterocycles. The highest BCUT2D eigenvalue weighted by molar-refractivity contribution is 7.93. The first-order valence-corrected chi connectivity index (χ1v) is 12.7. The second kappa shape index (κ2) is 9.40. The molecule has 1 amide bonds. The summed E-state index contributed by atoms with van der Waals surface area (Å²) in [4.78, 5) is 17.9. The van der Waals surface area contributed by atoms with Gasteiger partial charge >= 0.3 is 0 Å². The number of aromatic nitrogens is 1. The SMILES string of the molecule is Cc1ccc(O[C@@H]2CCOc3cc(S(=O)(=O)Nc4nccs4)ccc32)c(CC(=O)N(C)C)c1. The third-order valence-corrected chi connectivity index (χ3v) is 7.41. The van der Waals surface area contributed by atoms with E-state index in [2.05, 4.69) is 9.71 Å². The molecule has 2 aromatic carbocycles. The lowest BCUT2D eigenvalue weighted by atomic mass is 10.0. The number of amides is 1. The highest BCUT2D eigenvalue weighted by Crippen LogP contribution is 2.38. The number of anilines is 1. The zero-order valence-corrected chi connectivity index (χ0v) is 20.2. The average molecular weight is 488 g/mol. The van der Waals surface area contributed by atoms with E-state index in [1.807, 2.05) is 25.1 Å². The maximum atomic E-state index is 12.7. The van der Waals surface area contributed by atoms with E-state index in [1.165, 1.54) is 29.7 Å². The van der Waals surface area contributed by atoms with Crippen molar-refractivity contribution in [3.05, 3.63) is 64.7 Å². The number of sulfonamides is 1. The summed E-state index contributed by atoms with van der Waals surface area (Å²) in [5.41, 5.74) is 2.62. The first-order valence-electron chi connectivity index (χ1n) is 10.4. The zero-order chi connectivity index (χ0) is 23.6. The quantitative estimate of drug-likeness (QED) is 0.545. The number of ether oxygens (including phenoxy) is 2. The lowest BCUT2D eigenvalue weighted by Crippen LogP contribution is -2.24. The fraction of sp³-hybridized carbons (Fsp3) is 0.304. The van der Waals surface area contributed by atoms with E-state index < -0.39 is 10.0 Å². The first-order chi connectivity index (χ1) is 15.7. The number of fused-ring (bicyclic) bond motifs is 1. The first kappa shape index (κ1) is 23.1. The second-order valence-corrected chi connectivity index (χ2v) is 10.5. The van der Waals surface area contributed by atoms with Gasteiger partial charge in [-0.15, -0.1) is 11.3 Å². The van der Waals surface area contributed by atoms with Crippen LogP contribution >= 0.6 is 11.3 Å². The molecule has 3 aromatic rings. The number of hydrogen-bond acceptors (Lipinski definition) is 7. The summed E-state index contributed by atoms with van der Waals surface area (Å²) in [6, 6.07) is 10.5. The predicted octanol–water partition coefficient (Wildman–Crippen LogP) is 3.79. The van der Waals surface area contributed by atoms with Crippen LogP contribution in [0, 0.1) is 6.92 Å². The molecule has 33 heavy (non-hydrogen) atoms. The minimum Gasteiger partial charge on any atom is -0.493 e. The molecule has 4 rings (SSSR count). The normalized spacial score (nSPS) is 15.3. The highest BCUT2D eigenvalue weighted by atomic mass is 32.2. The van der Waals surface area contributed by atoms with Gasteiger partial charge in [0.25, 0.3) is 10.0 Å². The van der Waals surface area contributed by atoms with Gasteiger partial charge in [-0.05, 0) is 19.1 Å². The molecular formula is C23H25N3O5S2. The molecule has 1 N–H and O–H groups in total. The average Bonchev–Trinajstić information content (AvgIpc) is 3.27. The van der Waals surface area contributed by atoms with Crippen molar-refractivity contribution in [3.63, 3.8) is 0 Å². The molecule has 0 aliphatic carbocycles. The molecule has 0 radical (unpaired) electrons. The van der Waals surface area contributed by atoms with E-state index in [1.54, 1.807) is 30.4 Å². The third-order valence-electron chi connectivity index (χ3n) is 5.26. The Morgan fingerprint density at radius 1 is 1.27 bits per heavy atom. The number of hydrogen-bond donors (Lipinski definition) is 1. The van der Waals surface area contributed by atoms with Crippen molar-refractivity contribution >= 4 is 32.4 Å². The van der Waals surface area contributed by atoms with Crippen LogP contribution in [0.1, 0.15) is 29.2 Å². The van der Waals surface area contributed by atoms with E-state index in [0.717, 1.165) is 16.7 Å². The minimum atomic E-state index is -3.79. The van der Waals surface area contributed by atoms with Gasteiger partial charge < -0.3 is 14.4 Å². The summed E-state index contributed by atoms with van der Waals surface area (Å²) >= 11 is 1.20. The van der Waals surface area contributed by atoms with Gasteiger partial charge in [-0.2, -0.15) is 0 Å². The van der Waals surface area contributed by atoms with Crippen LogP contribution in [0.5, 0.6) is 11.5 Å². The number of thiazole rings is 1. The van der Waals surface area contributed by atoms with Crippen LogP contribution in [-0.2, 0) is 21.2 Å². The van der Waals surface area contributed by atoms with Crippen molar-refractivity contribution in [2.24, 2.45) is 0 Å². The maximum Gasteiger partial charge on any atom is 0.263 e. The van der Waals surface area contributed by atoms with Crippen LogP contribution in [0.2, 0.25) is 0 Å². The monoisotopic (exact) mass is 487 g/mol. The molecule has 10 heteroatoms. The van der Waals surface area contributed by atoms with Crippen LogP contribution in [0.25, 0.3) is 0 Å². The summed E-state index contributed by atoms with van der Waals surface area (Å²) in [5.74, 6) is 1.09. The van der Waals surface area contributed by atoms with Gasteiger partial charge in [0.15, 0.2) is 5.13 Å². The van der Waals surface area contributed by atoms with Crippen molar-refractivity contribution in [2.75, 3.05) is 25.4 Å². The van der Waals surface area contributed by atoms with Gasteiger partial charge in [-0.1, -0.05) is 23.8 Å². The standard InChI is InChI=1S/C23H25N3O5S2/c1-15-4-7-19(16(12-15)13-22(27)26(2)3)31-20-8-10-30-21-14-17(5-6-18(20)21)33(28,29)25-23-24-9-11-32-23/h4-7,9,11-12,14,20H,8,10,13H2,1-3H3,(H,24,25)/t20-/m1/s1. The van der Waals surface area contributed by atoms with E-state index in [-0.39, 0.29) is 23.3 Å². The molecular weight excluding hydrogens is 462 g/mol. The van der Waals surface area contributed by atoms with Crippen molar-refractivity contribution in [1.29, 1.82) is 0 Å². The van der Waals surface area contributed by atoms with Crippen LogP contribution in [-0.4, -0.2) is 44.9 Å². The molecule has 8 nitrogen and oxygen atoms in total. The fourth-order valence-corrected chi connectivity index (χ4v) is 5.31. The molecule has 0 saturated carbocycles. The Morgan fingerprint density at radius 2 is 2.09 bits per heavy atom. The molecule has 1 aliphatic heterocycles. The Labute approximate surface area is 197 Å². The lowest BCUT2D eigenvalue weighted by molar-refractivity contribution is -0.128. The number of carbonyl (C=O) groups excluding carboxylic acids is 1. The zero-order valence-electron chi connectivity index (χ0n) is 18.6. The Bertz CT molecular complexity index is 1260.